The van der Waals surface area contributed by atoms with Gasteiger partial charge in [-0.2, -0.15) is 0 Å². The summed E-state index contributed by atoms with van der Waals surface area (Å²) in [5.74, 6) is -1.09. The summed E-state index contributed by atoms with van der Waals surface area (Å²) in [6, 6.07) is 0.287. The van der Waals surface area contributed by atoms with Gasteiger partial charge in [0.15, 0.2) is 5.69 Å². The molecule has 114 valence electrons. The molecule has 2 fully saturated rings. The van der Waals surface area contributed by atoms with Gasteiger partial charge in [0.1, 0.15) is 0 Å². The summed E-state index contributed by atoms with van der Waals surface area (Å²) < 4.78 is 1.52. The fourth-order valence-corrected chi connectivity index (χ4v) is 2.85. The average molecular weight is 293 g/mol. The number of likely N-dealkylation sites (tertiary alicyclic amines) is 1. The Morgan fingerprint density at radius 1 is 1.24 bits per heavy atom. The molecule has 1 saturated carbocycles. The first-order chi connectivity index (χ1) is 10.1. The van der Waals surface area contributed by atoms with E-state index < -0.39 is 5.97 Å². The van der Waals surface area contributed by atoms with Gasteiger partial charge in [0.2, 0.25) is 0 Å². The molecule has 1 aliphatic carbocycles. The van der Waals surface area contributed by atoms with Crippen LogP contribution in [0.2, 0.25) is 0 Å². The first-order valence-corrected chi connectivity index (χ1v) is 7.34. The van der Waals surface area contributed by atoms with Gasteiger partial charge in [0.05, 0.1) is 12.2 Å². The lowest BCUT2D eigenvalue weighted by Gasteiger charge is -2.39. The summed E-state index contributed by atoms with van der Waals surface area (Å²) in [5.41, 5.74) is -0.0693. The number of aromatic carboxylic acids is 1. The van der Waals surface area contributed by atoms with Crippen LogP contribution >= 0.6 is 0 Å². The van der Waals surface area contributed by atoms with Crippen molar-refractivity contribution in [3.05, 3.63) is 11.9 Å². The number of carboxylic acid groups (broad SMARTS) is 1. The lowest BCUT2D eigenvalue weighted by molar-refractivity contribution is 0.0690. The lowest BCUT2D eigenvalue weighted by Crippen LogP contribution is -2.56. The topological polar surface area (TPSA) is 100 Å². The van der Waals surface area contributed by atoms with Crippen molar-refractivity contribution in [3.8, 4) is 0 Å². The number of carbonyl (C=O) groups is 2. The van der Waals surface area contributed by atoms with Gasteiger partial charge in [0.25, 0.3) is 0 Å². The Labute approximate surface area is 122 Å². The van der Waals surface area contributed by atoms with Gasteiger partial charge < -0.3 is 15.3 Å². The minimum Gasteiger partial charge on any atom is -0.476 e. The van der Waals surface area contributed by atoms with Crippen LogP contribution < -0.4 is 5.32 Å². The molecule has 0 bridgehead atoms. The summed E-state index contributed by atoms with van der Waals surface area (Å²) in [4.78, 5) is 24.5. The Bertz CT molecular complexity index is 532. The highest BCUT2D eigenvalue weighted by atomic mass is 16.4. The first kappa shape index (κ1) is 13.8. The van der Waals surface area contributed by atoms with Crippen LogP contribution in [0.3, 0.4) is 0 Å². The monoisotopic (exact) mass is 293 g/mol. The smallest absolute Gasteiger partial charge is 0.358 e. The Hall–Kier alpha value is -2.12. The van der Waals surface area contributed by atoms with Crippen molar-refractivity contribution >= 4 is 12.0 Å². The van der Waals surface area contributed by atoms with Gasteiger partial charge in [-0.25, -0.2) is 14.3 Å². The molecule has 2 heterocycles. The number of carboxylic acids is 1. The average Bonchev–Trinajstić information content (AvgIpc) is 2.88. The third kappa shape index (κ3) is 2.98. The molecule has 8 nitrogen and oxygen atoms in total. The van der Waals surface area contributed by atoms with Crippen LogP contribution in [0, 0.1) is 0 Å². The van der Waals surface area contributed by atoms with Gasteiger partial charge in [-0.3, -0.25) is 0 Å². The second kappa shape index (κ2) is 5.71. The van der Waals surface area contributed by atoms with E-state index in [1.54, 1.807) is 4.90 Å². The predicted molar refractivity (Wildman–Crippen MR) is 73.0 cm³/mol. The Morgan fingerprint density at radius 2 is 1.95 bits per heavy atom. The molecule has 0 unspecified atom stereocenters. The van der Waals surface area contributed by atoms with E-state index in [1.807, 2.05) is 0 Å². The summed E-state index contributed by atoms with van der Waals surface area (Å²) >= 11 is 0. The summed E-state index contributed by atoms with van der Waals surface area (Å²) in [6.45, 7) is 1.09. The minimum absolute atomic E-state index is 0.0164. The number of nitrogens with one attached hydrogen (secondary N) is 1. The molecule has 2 amide bonds. The van der Waals surface area contributed by atoms with E-state index >= 15 is 0 Å². The molecule has 0 atom stereocenters. The zero-order valence-corrected chi connectivity index (χ0v) is 11.7. The standard InChI is InChI=1S/C13H19N5O3/c19-12(20)11-8-18(16-15-11)10-6-17(7-10)13(21)14-9-4-2-1-3-5-9/h8-10H,1-7H2,(H,14,21)(H,19,20). The predicted octanol–water partition coefficient (Wildman–Crippen LogP) is 0.875. The molecule has 1 aromatic rings. The van der Waals surface area contributed by atoms with E-state index in [0.29, 0.717) is 19.1 Å². The van der Waals surface area contributed by atoms with E-state index in [4.69, 9.17) is 5.11 Å². The maximum atomic E-state index is 12.1. The minimum atomic E-state index is -1.09. The summed E-state index contributed by atoms with van der Waals surface area (Å²) in [6.07, 6.45) is 7.16. The summed E-state index contributed by atoms with van der Waals surface area (Å²) in [7, 11) is 0. The Balaban J connectivity index is 1.48. The third-order valence-corrected chi connectivity index (χ3v) is 4.19. The van der Waals surface area contributed by atoms with Gasteiger partial charge in [-0.1, -0.05) is 24.5 Å². The highest BCUT2D eigenvalue weighted by Crippen LogP contribution is 2.22. The van der Waals surface area contributed by atoms with Crippen molar-refractivity contribution in [2.24, 2.45) is 0 Å². The van der Waals surface area contributed by atoms with Crippen LogP contribution in [-0.4, -0.2) is 56.1 Å². The van der Waals surface area contributed by atoms with Crippen LogP contribution in [0.1, 0.15) is 48.6 Å². The van der Waals surface area contributed by atoms with Crippen LogP contribution in [0.5, 0.6) is 0 Å². The molecule has 3 rings (SSSR count). The number of urea groups is 1. The number of nitrogens with zero attached hydrogens (tertiary/aromatic N) is 4. The largest absolute Gasteiger partial charge is 0.476 e. The van der Waals surface area contributed by atoms with Gasteiger partial charge in [-0.15, -0.1) is 5.10 Å². The highest BCUT2D eigenvalue weighted by Gasteiger charge is 2.34. The molecule has 0 radical (unpaired) electrons. The zero-order valence-electron chi connectivity index (χ0n) is 11.7. The number of carbonyl (C=O) groups excluding carboxylic acids is 1. The van der Waals surface area contributed by atoms with Crippen LogP contribution in [0.4, 0.5) is 4.79 Å². The number of hydrogen-bond donors (Lipinski definition) is 2. The second-order valence-corrected chi connectivity index (χ2v) is 5.73. The Morgan fingerprint density at radius 3 is 2.57 bits per heavy atom. The number of hydrogen-bond acceptors (Lipinski definition) is 4. The van der Waals surface area contributed by atoms with E-state index in [2.05, 4.69) is 15.6 Å². The van der Waals surface area contributed by atoms with E-state index in [-0.39, 0.29) is 17.8 Å². The fourth-order valence-electron chi connectivity index (χ4n) is 2.85. The first-order valence-electron chi connectivity index (χ1n) is 7.34. The molecule has 21 heavy (non-hydrogen) atoms. The number of aromatic nitrogens is 3. The molecule has 1 aliphatic heterocycles. The molecule has 0 spiro atoms. The SMILES string of the molecule is O=C(O)c1cn(C2CN(C(=O)NC3CCCCC3)C2)nn1. The van der Waals surface area contributed by atoms with Crippen molar-refractivity contribution in [2.45, 2.75) is 44.2 Å². The molecule has 8 heteroatoms. The van der Waals surface area contributed by atoms with Crippen LogP contribution in [-0.2, 0) is 0 Å². The molecule has 0 aromatic carbocycles. The highest BCUT2D eigenvalue weighted by molar-refractivity contribution is 5.84. The second-order valence-electron chi connectivity index (χ2n) is 5.73. The normalized spacial score (nSPS) is 20.1. The van der Waals surface area contributed by atoms with E-state index in [0.717, 1.165) is 12.8 Å². The van der Waals surface area contributed by atoms with Crippen LogP contribution in [0.25, 0.3) is 0 Å². The Kier molecular flexibility index (Phi) is 3.76. The van der Waals surface area contributed by atoms with Crippen molar-refractivity contribution in [3.63, 3.8) is 0 Å². The zero-order chi connectivity index (χ0) is 14.8. The quantitative estimate of drug-likeness (QED) is 0.861. The van der Waals surface area contributed by atoms with Crippen molar-refractivity contribution in [2.75, 3.05) is 13.1 Å². The molecule has 1 saturated heterocycles. The number of amides is 2. The van der Waals surface area contributed by atoms with Gasteiger partial charge in [0, 0.05) is 19.1 Å². The maximum Gasteiger partial charge on any atom is 0.358 e. The van der Waals surface area contributed by atoms with Crippen molar-refractivity contribution in [1.82, 2.24) is 25.2 Å². The fraction of sp³-hybridized carbons (Fsp3) is 0.692. The molecule has 1 aromatic heterocycles. The number of rotatable bonds is 3. The lowest BCUT2D eigenvalue weighted by atomic mass is 9.95. The molecular formula is C13H19N5O3. The maximum absolute atomic E-state index is 12.1. The van der Waals surface area contributed by atoms with Crippen molar-refractivity contribution in [1.29, 1.82) is 0 Å². The van der Waals surface area contributed by atoms with E-state index in [1.165, 1.54) is 30.1 Å². The van der Waals surface area contributed by atoms with Crippen molar-refractivity contribution < 1.29 is 14.7 Å². The molecule has 2 N–H and O–H groups in total. The van der Waals surface area contributed by atoms with Crippen LogP contribution in [0.15, 0.2) is 6.20 Å². The van der Waals surface area contributed by atoms with E-state index in [9.17, 15) is 9.59 Å². The summed E-state index contributed by atoms with van der Waals surface area (Å²) in [5, 5.41) is 19.2. The van der Waals surface area contributed by atoms with Gasteiger partial charge in [-0.05, 0) is 12.8 Å². The molecule has 2 aliphatic rings. The van der Waals surface area contributed by atoms with Gasteiger partial charge >= 0.3 is 12.0 Å². The third-order valence-electron chi connectivity index (χ3n) is 4.19. The molecular weight excluding hydrogens is 274 g/mol.